The predicted octanol–water partition coefficient (Wildman–Crippen LogP) is 2.73. The topological polar surface area (TPSA) is 42.9 Å². The maximum Gasteiger partial charge on any atom is 0.223 e. The van der Waals surface area contributed by atoms with E-state index in [9.17, 15) is 9.18 Å². The fourth-order valence-corrected chi connectivity index (χ4v) is 4.44. The van der Waals surface area contributed by atoms with Crippen molar-refractivity contribution in [2.45, 2.75) is 13.0 Å². The van der Waals surface area contributed by atoms with E-state index in [0.717, 1.165) is 64.7 Å². The number of anilines is 1. The number of benzene rings is 1. The van der Waals surface area contributed by atoms with Crippen molar-refractivity contribution in [1.82, 2.24) is 19.7 Å². The van der Waals surface area contributed by atoms with E-state index in [1.807, 2.05) is 23.1 Å². The minimum Gasteiger partial charge on any atom is -0.353 e. The van der Waals surface area contributed by atoms with E-state index in [0.29, 0.717) is 23.6 Å². The van der Waals surface area contributed by atoms with Crippen molar-refractivity contribution < 1.29 is 9.18 Å². The molecule has 0 N–H and O–H groups in total. The number of carbonyl (C=O) groups is 1. The van der Waals surface area contributed by atoms with Crippen molar-refractivity contribution in [3.63, 3.8) is 0 Å². The lowest BCUT2D eigenvalue weighted by atomic mass is 10.1. The Morgan fingerprint density at radius 3 is 2.35 bits per heavy atom. The molecular weight excluding hydrogens is 417 g/mol. The molecule has 31 heavy (non-hydrogen) atoms. The van der Waals surface area contributed by atoms with Gasteiger partial charge >= 0.3 is 0 Å². The number of halogens is 2. The fraction of sp³-hybridized carbons (Fsp3) is 0.478. The summed E-state index contributed by atoms with van der Waals surface area (Å²) < 4.78 is 14.0. The number of nitrogens with zero attached hydrogens (tertiary/aromatic N) is 5. The van der Waals surface area contributed by atoms with Crippen LogP contribution in [0.5, 0.6) is 0 Å². The van der Waals surface area contributed by atoms with Crippen LogP contribution >= 0.6 is 11.6 Å². The van der Waals surface area contributed by atoms with Gasteiger partial charge in [0.2, 0.25) is 5.91 Å². The molecule has 4 rings (SSSR count). The summed E-state index contributed by atoms with van der Waals surface area (Å²) in [6.45, 7) is 7.88. The zero-order chi connectivity index (χ0) is 21.6. The number of piperazine rings is 2. The van der Waals surface area contributed by atoms with Crippen LogP contribution in [0.4, 0.5) is 10.2 Å². The Hall–Kier alpha value is -2.22. The molecule has 0 unspecified atom stereocenters. The van der Waals surface area contributed by atoms with Crippen LogP contribution in [0.25, 0.3) is 0 Å². The van der Waals surface area contributed by atoms with Crippen molar-refractivity contribution in [2.24, 2.45) is 0 Å². The molecule has 3 heterocycles. The van der Waals surface area contributed by atoms with Gasteiger partial charge in [-0.25, -0.2) is 9.37 Å². The van der Waals surface area contributed by atoms with Crippen LogP contribution in [0.15, 0.2) is 42.6 Å². The van der Waals surface area contributed by atoms with Crippen LogP contribution in [-0.4, -0.2) is 84.5 Å². The van der Waals surface area contributed by atoms with E-state index < -0.39 is 0 Å². The van der Waals surface area contributed by atoms with Crippen LogP contribution < -0.4 is 4.90 Å². The van der Waals surface area contributed by atoms with Gasteiger partial charge in [0.05, 0.1) is 0 Å². The lowest BCUT2D eigenvalue weighted by molar-refractivity contribution is -0.131. The first-order chi connectivity index (χ1) is 15.1. The highest BCUT2D eigenvalue weighted by molar-refractivity contribution is 6.31. The molecule has 2 aliphatic heterocycles. The molecule has 2 aromatic rings. The number of carbonyl (C=O) groups excluding carboxylic acids is 1. The third-order valence-electron chi connectivity index (χ3n) is 6.16. The molecule has 1 amide bonds. The van der Waals surface area contributed by atoms with Crippen LogP contribution in [0, 0.1) is 5.82 Å². The van der Waals surface area contributed by atoms with E-state index in [-0.39, 0.29) is 11.7 Å². The first-order valence-corrected chi connectivity index (χ1v) is 11.3. The summed E-state index contributed by atoms with van der Waals surface area (Å²) in [5.41, 5.74) is 0.567. The second-order valence-corrected chi connectivity index (χ2v) is 8.53. The number of amides is 1. The minimum absolute atomic E-state index is 0.223. The maximum atomic E-state index is 14.0. The molecule has 8 heteroatoms. The molecule has 166 valence electrons. The molecule has 0 aliphatic carbocycles. The number of hydrogen-bond donors (Lipinski definition) is 0. The largest absolute Gasteiger partial charge is 0.353 e. The van der Waals surface area contributed by atoms with Gasteiger partial charge in [-0.15, -0.1) is 0 Å². The molecule has 1 aromatic carbocycles. The summed E-state index contributed by atoms with van der Waals surface area (Å²) in [6, 6.07) is 10.7. The van der Waals surface area contributed by atoms with Crippen molar-refractivity contribution in [2.75, 3.05) is 63.8 Å². The highest BCUT2D eigenvalue weighted by Crippen LogP contribution is 2.21. The lowest BCUT2D eigenvalue weighted by Gasteiger charge is -2.37. The summed E-state index contributed by atoms with van der Waals surface area (Å²) in [5, 5.41) is 0.483. The molecule has 1 aromatic heterocycles. The number of aromatic nitrogens is 1. The smallest absolute Gasteiger partial charge is 0.223 e. The number of hydrogen-bond acceptors (Lipinski definition) is 5. The summed E-state index contributed by atoms with van der Waals surface area (Å²) in [5.74, 6) is 0.953. The van der Waals surface area contributed by atoms with E-state index in [1.54, 1.807) is 18.3 Å². The standard InChI is InChI=1S/C23H29ClFN5O/c24-20-4-3-5-21(25)19(20)18-28-12-10-27(11-13-28)9-7-23(31)30-16-14-29(15-17-30)22-6-1-2-8-26-22/h1-6,8H,7,9-18H2. The first-order valence-electron chi connectivity index (χ1n) is 10.9. The highest BCUT2D eigenvalue weighted by Gasteiger charge is 2.24. The second-order valence-electron chi connectivity index (χ2n) is 8.12. The van der Waals surface area contributed by atoms with Gasteiger partial charge < -0.3 is 14.7 Å². The van der Waals surface area contributed by atoms with Crippen molar-refractivity contribution in [3.8, 4) is 0 Å². The summed E-state index contributed by atoms with van der Waals surface area (Å²) >= 11 is 6.15. The monoisotopic (exact) mass is 445 g/mol. The molecule has 0 radical (unpaired) electrons. The molecule has 2 aliphatic rings. The molecule has 2 fully saturated rings. The molecule has 6 nitrogen and oxygen atoms in total. The van der Waals surface area contributed by atoms with E-state index in [4.69, 9.17) is 11.6 Å². The van der Waals surface area contributed by atoms with Crippen LogP contribution in [0.3, 0.4) is 0 Å². The van der Waals surface area contributed by atoms with Gasteiger partial charge in [-0.2, -0.15) is 0 Å². The van der Waals surface area contributed by atoms with Gasteiger partial charge in [0, 0.05) is 88.7 Å². The lowest BCUT2D eigenvalue weighted by Crippen LogP contribution is -2.50. The van der Waals surface area contributed by atoms with Gasteiger partial charge in [-0.05, 0) is 24.3 Å². The first kappa shape index (κ1) is 22.0. The van der Waals surface area contributed by atoms with Crippen molar-refractivity contribution in [1.29, 1.82) is 0 Å². The zero-order valence-electron chi connectivity index (χ0n) is 17.7. The van der Waals surface area contributed by atoms with Crippen LogP contribution in [0.2, 0.25) is 5.02 Å². The third kappa shape index (κ3) is 5.73. The third-order valence-corrected chi connectivity index (χ3v) is 6.51. The average Bonchev–Trinajstić information content (AvgIpc) is 2.81. The molecule has 0 spiro atoms. The Bertz CT molecular complexity index is 847. The molecule has 0 saturated carbocycles. The van der Waals surface area contributed by atoms with Crippen molar-refractivity contribution in [3.05, 3.63) is 59.0 Å². The van der Waals surface area contributed by atoms with Gasteiger partial charge in [-0.1, -0.05) is 23.7 Å². The van der Waals surface area contributed by atoms with Gasteiger partial charge in [0.1, 0.15) is 11.6 Å². The SMILES string of the molecule is O=C(CCN1CCN(Cc2c(F)cccc2Cl)CC1)N1CCN(c2ccccn2)CC1. The van der Waals surface area contributed by atoms with Crippen LogP contribution in [-0.2, 0) is 11.3 Å². The Labute approximate surface area is 188 Å². The predicted molar refractivity (Wildman–Crippen MR) is 121 cm³/mol. The Kier molecular flexibility index (Phi) is 7.37. The fourth-order valence-electron chi connectivity index (χ4n) is 4.22. The average molecular weight is 446 g/mol. The number of rotatable bonds is 6. The summed E-state index contributed by atoms with van der Waals surface area (Å²) in [4.78, 5) is 25.8. The molecule has 0 bridgehead atoms. The minimum atomic E-state index is -0.247. The Morgan fingerprint density at radius 2 is 1.68 bits per heavy atom. The van der Waals surface area contributed by atoms with Gasteiger partial charge in [-0.3, -0.25) is 9.69 Å². The van der Waals surface area contributed by atoms with E-state index in [1.165, 1.54) is 6.07 Å². The van der Waals surface area contributed by atoms with Crippen molar-refractivity contribution >= 4 is 23.3 Å². The van der Waals surface area contributed by atoms with E-state index >= 15 is 0 Å². The normalized spacial score (nSPS) is 18.4. The Balaban J connectivity index is 1.17. The second kappa shape index (κ2) is 10.4. The highest BCUT2D eigenvalue weighted by atomic mass is 35.5. The Morgan fingerprint density at radius 1 is 0.935 bits per heavy atom. The summed E-state index contributed by atoms with van der Waals surface area (Å²) in [6.07, 6.45) is 2.35. The quantitative estimate of drug-likeness (QED) is 0.684. The summed E-state index contributed by atoms with van der Waals surface area (Å²) in [7, 11) is 0. The van der Waals surface area contributed by atoms with Gasteiger partial charge in [0.15, 0.2) is 0 Å². The molecular formula is C23H29ClFN5O. The van der Waals surface area contributed by atoms with Crippen LogP contribution in [0.1, 0.15) is 12.0 Å². The molecule has 2 saturated heterocycles. The zero-order valence-corrected chi connectivity index (χ0v) is 18.5. The van der Waals surface area contributed by atoms with Gasteiger partial charge in [0.25, 0.3) is 0 Å². The maximum absolute atomic E-state index is 14.0. The number of pyridine rings is 1. The van der Waals surface area contributed by atoms with E-state index in [2.05, 4.69) is 19.7 Å². The molecule has 0 atom stereocenters.